The number of hydrogen-bond acceptors (Lipinski definition) is 2. The van der Waals surface area contributed by atoms with E-state index in [1.807, 2.05) is 17.7 Å². The van der Waals surface area contributed by atoms with Crippen LogP contribution in [-0.2, 0) is 6.54 Å². The lowest BCUT2D eigenvalue weighted by molar-refractivity contribution is 0.217. The number of H-pyrrole nitrogens is 1. The molecule has 0 aliphatic rings. The molecule has 1 aromatic rings. The van der Waals surface area contributed by atoms with E-state index >= 15 is 0 Å². The number of nitrogens with zero attached hydrogens (tertiary/aromatic N) is 2. The minimum atomic E-state index is -0.0882. The summed E-state index contributed by atoms with van der Waals surface area (Å²) in [6.45, 7) is 3.23. The van der Waals surface area contributed by atoms with Crippen LogP contribution in [-0.4, -0.2) is 41.1 Å². The van der Waals surface area contributed by atoms with Crippen molar-refractivity contribution in [1.82, 2.24) is 19.8 Å². The first-order valence-corrected chi connectivity index (χ1v) is 5.13. The minimum absolute atomic E-state index is 0.0882. The van der Waals surface area contributed by atoms with Crippen molar-refractivity contribution in [2.45, 2.75) is 13.5 Å². The molecule has 1 heterocycles. The van der Waals surface area contributed by atoms with Crippen molar-refractivity contribution in [3.63, 3.8) is 0 Å². The van der Waals surface area contributed by atoms with Crippen LogP contribution in [0.4, 0.5) is 4.79 Å². The Bertz CT molecular complexity index is 393. The zero-order valence-corrected chi connectivity index (χ0v) is 10.0. The Kier molecular flexibility index (Phi) is 3.90. The van der Waals surface area contributed by atoms with E-state index in [-0.39, 0.29) is 6.03 Å². The molecule has 0 aromatic carbocycles. The summed E-state index contributed by atoms with van der Waals surface area (Å²) in [5.41, 5.74) is 1.07. The van der Waals surface area contributed by atoms with Gasteiger partial charge in [0.25, 0.3) is 0 Å². The SMILES string of the molecule is Cc1c[nH]c(=S)n1CCNC(=O)N(C)C. The lowest BCUT2D eigenvalue weighted by atomic mass is 10.5. The molecule has 0 aliphatic carbocycles. The summed E-state index contributed by atoms with van der Waals surface area (Å²) >= 11 is 5.09. The molecule has 0 fully saturated rings. The van der Waals surface area contributed by atoms with E-state index in [0.717, 1.165) is 5.69 Å². The number of rotatable bonds is 3. The number of hydrogen-bond donors (Lipinski definition) is 2. The molecule has 2 amide bonds. The minimum Gasteiger partial charge on any atom is -0.337 e. The summed E-state index contributed by atoms with van der Waals surface area (Å²) in [5, 5.41) is 2.78. The van der Waals surface area contributed by atoms with Crippen LogP contribution in [0.1, 0.15) is 5.69 Å². The Hall–Kier alpha value is -1.30. The average molecular weight is 228 g/mol. The molecule has 6 heteroatoms. The molecule has 0 bridgehead atoms. The summed E-state index contributed by atoms with van der Waals surface area (Å²) < 4.78 is 2.64. The van der Waals surface area contributed by atoms with E-state index in [2.05, 4.69) is 10.3 Å². The van der Waals surface area contributed by atoms with Crippen molar-refractivity contribution in [3.05, 3.63) is 16.7 Å². The van der Waals surface area contributed by atoms with Crippen LogP contribution in [0.15, 0.2) is 6.20 Å². The molecule has 0 radical (unpaired) electrons. The molecule has 84 valence electrons. The van der Waals surface area contributed by atoms with Gasteiger partial charge in [-0.3, -0.25) is 0 Å². The number of aryl methyl sites for hydroxylation is 1. The van der Waals surface area contributed by atoms with Crippen LogP contribution in [0.25, 0.3) is 0 Å². The van der Waals surface area contributed by atoms with Crippen molar-refractivity contribution < 1.29 is 4.79 Å². The van der Waals surface area contributed by atoms with Crippen LogP contribution in [0, 0.1) is 11.7 Å². The van der Waals surface area contributed by atoms with E-state index < -0.39 is 0 Å². The normalized spacial score (nSPS) is 10.1. The highest BCUT2D eigenvalue weighted by atomic mass is 32.1. The van der Waals surface area contributed by atoms with Crippen LogP contribution in [0.3, 0.4) is 0 Å². The fraction of sp³-hybridized carbons (Fsp3) is 0.556. The molecule has 0 saturated heterocycles. The molecule has 15 heavy (non-hydrogen) atoms. The van der Waals surface area contributed by atoms with E-state index in [4.69, 9.17) is 12.2 Å². The molecular weight excluding hydrogens is 212 g/mol. The van der Waals surface area contributed by atoms with E-state index in [1.54, 1.807) is 14.1 Å². The smallest absolute Gasteiger partial charge is 0.316 e. The van der Waals surface area contributed by atoms with Crippen molar-refractivity contribution in [2.75, 3.05) is 20.6 Å². The number of nitrogens with one attached hydrogen (secondary N) is 2. The number of aromatic nitrogens is 2. The average Bonchev–Trinajstić information content (AvgIpc) is 2.48. The van der Waals surface area contributed by atoms with Gasteiger partial charge < -0.3 is 19.8 Å². The molecule has 2 N–H and O–H groups in total. The highest BCUT2D eigenvalue weighted by molar-refractivity contribution is 7.71. The first-order valence-electron chi connectivity index (χ1n) is 4.72. The lowest BCUT2D eigenvalue weighted by Gasteiger charge is -2.12. The molecular formula is C9H16N4OS. The Morgan fingerprint density at radius 2 is 2.33 bits per heavy atom. The summed E-state index contributed by atoms with van der Waals surface area (Å²) in [7, 11) is 3.42. The van der Waals surface area contributed by atoms with Gasteiger partial charge in [-0.05, 0) is 19.1 Å². The second-order valence-electron chi connectivity index (χ2n) is 3.51. The van der Waals surface area contributed by atoms with Crippen molar-refractivity contribution in [2.24, 2.45) is 0 Å². The Balaban J connectivity index is 2.45. The highest BCUT2D eigenvalue weighted by Crippen LogP contribution is 1.98. The summed E-state index contributed by atoms with van der Waals surface area (Å²) in [5.74, 6) is 0. The van der Waals surface area contributed by atoms with E-state index in [9.17, 15) is 4.79 Å². The van der Waals surface area contributed by atoms with E-state index in [1.165, 1.54) is 4.90 Å². The zero-order valence-electron chi connectivity index (χ0n) is 9.20. The van der Waals surface area contributed by atoms with Crippen LogP contribution in [0.5, 0.6) is 0 Å². The number of imidazole rings is 1. The van der Waals surface area contributed by atoms with Crippen LogP contribution >= 0.6 is 12.2 Å². The highest BCUT2D eigenvalue weighted by Gasteiger charge is 2.03. The molecule has 0 saturated carbocycles. The Morgan fingerprint density at radius 1 is 1.67 bits per heavy atom. The van der Waals surface area contributed by atoms with Gasteiger partial charge in [0.05, 0.1) is 0 Å². The topological polar surface area (TPSA) is 53.1 Å². The molecule has 0 aliphatic heterocycles. The van der Waals surface area contributed by atoms with Crippen LogP contribution < -0.4 is 5.32 Å². The van der Waals surface area contributed by atoms with Gasteiger partial charge in [0.15, 0.2) is 4.77 Å². The first-order chi connectivity index (χ1) is 7.02. The Morgan fingerprint density at radius 3 is 2.80 bits per heavy atom. The number of amides is 2. The standard InChI is InChI=1S/C9H16N4OS/c1-7-6-11-9(15)13(7)5-4-10-8(14)12(2)3/h6H,4-5H2,1-3H3,(H,10,14)(H,11,15). The molecule has 1 aromatic heterocycles. The first kappa shape index (κ1) is 11.8. The summed E-state index contributed by atoms with van der Waals surface area (Å²) in [6.07, 6.45) is 1.86. The Labute approximate surface area is 94.1 Å². The van der Waals surface area contributed by atoms with Gasteiger partial charge in [-0.2, -0.15) is 0 Å². The number of carbonyl (C=O) groups is 1. The number of aromatic amines is 1. The van der Waals surface area contributed by atoms with Crippen molar-refractivity contribution in [1.29, 1.82) is 0 Å². The molecule has 0 atom stereocenters. The maximum atomic E-state index is 11.2. The number of carbonyl (C=O) groups excluding carboxylic acids is 1. The van der Waals surface area contributed by atoms with Gasteiger partial charge in [0, 0.05) is 39.1 Å². The summed E-state index contributed by atoms with van der Waals surface area (Å²) in [6, 6.07) is -0.0882. The molecule has 1 rings (SSSR count). The van der Waals surface area contributed by atoms with Crippen molar-refractivity contribution >= 4 is 18.2 Å². The molecule has 0 unspecified atom stereocenters. The van der Waals surface area contributed by atoms with Crippen LogP contribution in [0.2, 0.25) is 0 Å². The third-order valence-corrected chi connectivity index (χ3v) is 2.43. The third kappa shape index (κ3) is 3.09. The van der Waals surface area contributed by atoms with Gasteiger partial charge in [0.2, 0.25) is 0 Å². The number of urea groups is 1. The van der Waals surface area contributed by atoms with Gasteiger partial charge in [-0.15, -0.1) is 0 Å². The molecule has 0 spiro atoms. The second-order valence-corrected chi connectivity index (χ2v) is 3.90. The fourth-order valence-corrected chi connectivity index (χ4v) is 1.49. The largest absolute Gasteiger partial charge is 0.337 e. The summed E-state index contributed by atoms with van der Waals surface area (Å²) in [4.78, 5) is 15.7. The second kappa shape index (κ2) is 4.97. The zero-order chi connectivity index (χ0) is 11.4. The van der Waals surface area contributed by atoms with Gasteiger partial charge in [-0.25, -0.2) is 4.79 Å². The predicted molar refractivity (Wildman–Crippen MR) is 61.4 cm³/mol. The van der Waals surface area contributed by atoms with Crippen molar-refractivity contribution in [3.8, 4) is 0 Å². The van der Waals surface area contributed by atoms with E-state index in [0.29, 0.717) is 17.9 Å². The maximum Gasteiger partial charge on any atom is 0.316 e. The van der Waals surface area contributed by atoms with Gasteiger partial charge in [0.1, 0.15) is 0 Å². The van der Waals surface area contributed by atoms with Gasteiger partial charge in [-0.1, -0.05) is 0 Å². The fourth-order valence-electron chi connectivity index (χ4n) is 1.19. The monoisotopic (exact) mass is 228 g/mol. The lowest BCUT2D eigenvalue weighted by Crippen LogP contribution is -2.36. The van der Waals surface area contributed by atoms with Gasteiger partial charge >= 0.3 is 6.03 Å². The third-order valence-electron chi connectivity index (χ3n) is 2.09. The quantitative estimate of drug-likeness (QED) is 0.762. The predicted octanol–water partition coefficient (Wildman–Crippen LogP) is 1.13. The molecule has 5 nitrogen and oxygen atoms in total. The maximum absolute atomic E-state index is 11.2.